The van der Waals surface area contributed by atoms with E-state index < -0.39 is 0 Å². The zero-order valence-electron chi connectivity index (χ0n) is 18.0. The Labute approximate surface area is 193 Å². The van der Waals surface area contributed by atoms with Crippen LogP contribution in [0.5, 0.6) is 0 Å². The maximum atomic E-state index is 5.47. The van der Waals surface area contributed by atoms with Crippen LogP contribution in [-0.2, 0) is 17.8 Å². The third-order valence-corrected chi connectivity index (χ3v) is 5.92. The number of nitrogens with one attached hydrogen (secondary N) is 2. The zero-order chi connectivity index (χ0) is 19.6. The second-order valence-electron chi connectivity index (χ2n) is 7.89. The fourth-order valence-corrected chi connectivity index (χ4v) is 4.09. The van der Waals surface area contributed by atoms with E-state index in [0.29, 0.717) is 6.04 Å². The summed E-state index contributed by atoms with van der Waals surface area (Å²) >= 11 is 0. The Bertz CT molecular complexity index is 621. The van der Waals surface area contributed by atoms with E-state index in [-0.39, 0.29) is 24.0 Å². The molecule has 29 heavy (non-hydrogen) atoms. The van der Waals surface area contributed by atoms with Crippen molar-refractivity contribution >= 4 is 29.9 Å². The van der Waals surface area contributed by atoms with Crippen LogP contribution in [0.4, 0.5) is 0 Å². The van der Waals surface area contributed by atoms with E-state index in [1.54, 1.807) is 0 Å². The Hall–Kier alpha value is -0.900. The van der Waals surface area contributed by atoms with Crippen LogP contribution in [0.2, 0.25) is 0 Å². The van der Waals surface area contributed by atoms with Gasteiger partial charge < -0.3 is 15.4 Å². The minimum absolute atomic E-state index is 0. The first-order valence-corrected chi connectivity index (χ1v) is 10.8. The summed E-state index contributed by atoms with van der Waals surface area (Å²) in [6, 6.07) is 9.41. The summed E-state index contributed by atoms with van der Waals surface area (Å²) in [4.78, 5) is 9.45. The van der Waals surface area contributed by atoms with Gasteiger partial charge in [0.05, 0.1) is 13.2 Å². The number of aliphatic imine (C=N–C) groups is 1. The van der Waals surface area contributed by atoms with Gasteiger partial charge in [0.1, 0.15) is 0 Å². The van der Waals surface area contributed by atoms with E-state index in [4.69, 9.17) is 4.74 Å². The van der Waals surface area contributed by atoms with E-state index in [2.05, 4.69) is 56.6 Å². The highest BCUT2D eigenvalue weighted by Gasteiger charge is 2.17. The Kier molecular flexibility index (Phi) is 11.3. The van der Waals surface area contributed by atoms with E-state index in [0.717, 1.165) is 58.4 Å². The van der Waals surface area contributed by atoms with Crippen molar-refractivity contribution in [2.75, 3.05) is 53.0 Å². The second-order valence-corrected chi connectivity index (χ2v) is 7.89. The summed E-state index contributed by atoms with van der Waals surface area (Å²) in [5, 5.41) is 6.97. The average molecular weight is 515 g/mol. The van der Waals surface area contributed by atoms with Crippen LogP contribution in [0.25, 0.3) is 0 Å². The number of rotatable bonds is 7. The average Bonchev–Trinajstić information content (AvgIpc) is 2.73. The molecule has 1 unspecified atom stereocenters. The van der Waals surface area contributed by atoms with E-state index >= 15 is 0 Å². The van der Waals surface area contributed by atoms with Crippen molar-refractivity contribution < 1.29 is 4.74 Å². The molecule has 0 saturated carbocycles. The van der Waals surface area contributed by atoms with Gasteiger partial charge in [-0.2, -0.15) is 0 Å². The highest BCUT2D eigenvalue weighted by atomic mass is 127. The van der Waals surface area contributed by atoms with Gasteiger partial charge in [-0.1, -0.05) is 30.7 Å². The number of piperidine rings is 1. The van der Waals surface area contributed by atoms with E-state index in [9.17, 15) is 0 Å². The fourth-order valence-electron chi connectivity index (χ4n) is 4.09. The van der Waals surface area contributed by atoms with Crippen LogP contribution in [0.3, 0.4) is 0 Å². The highest BCUT2D eigenvalue weighted by Crippen LogP contribution is 2.15. The molecule has 0 radical (unpaired) electrons. The summed E-state index contributed by atoms with van der Waals surface area (Å²) in [6.07, 6.45) is 4.03. The molecule has 6 nitrogen and oxygen atoms in total. The second kappa shape index (κ2) is 13.4. The lowest BCUT2D eigenvalue weighted by molar-refractivity contribution is 0.0341. The molecule has 2 heterocycles. The van der Waals surface area contributed by atoms with Crippen LogP contribution < -0.4 is 10.6 Å². The molecule has 0 aliphatic carbocycles. The molecule has 1 atom stereocenters. The number of ether oxygens (including phenoxy) is 1. The molecular formula is C22H38IN5O. The Morgan fingerprint density at radius 1 is 1.10 bits per heavy atom. The topological polar surface area (TPSA) is 52.1 Å². The molecule has 2 aliphatic heterocycles. The molecule has 3 rings (SSSR count). The first-order chi connectivity index (χ1) is 13.8. The van der Waals surface area contributed by atoms with Crippen molar-refractivity contribution in [2.45, 2.75) is 45.3 Å². The third kappa shape index (κ3) is 8.03. The van der Waals surface area contributed by atoms with Crippen molar-refractivity contribution in [3.05, 3.63) is 35.4 Å². The fraction of sp³-hybridized carbons (Fsp3) is 0.682. The normalized spacial score (nSPS) is 21.4. The minimum atomic E-state index is 0. The number of guanidine groups is 1. The number of likely N-dealkylation sites (tertiary alicyclic amines) is 1. The standard InChI is InChI=1S/C22H37N5O.HI/c1-19-7-5-6-11-27(19)12-10-24-22(23-2)25-17-20-8-3-4-9-21(20)18-26-13-15-28-16-14-26;/h3-4,8-9,19H,5-7,10-18H2,1-2H3,(H2,23,24,25);1H. The molecule has 2 aliphatic rings. The first kappa shape index (κ1) is 24.4. The number of benzene rings is 1. The summed E-state index contributed by atoms with van der Waals surface area (Å²) in [5.74, 6) is 0.880. The van der Waals surface area contributed by atoms with E-state index in [1.165, 1.54) is 36.9 Å². The van der Waals surface area contributed by atoms with Crippen LogP contribution >= 0.6 is 24.0 Å². The van der Waals surface area contributed by atoms with Gasteiger partial charge in [0.2, 0.25) is 0 Å². The number of morpholine rings is 1. The maximum absolute atomic E-state index is 5.47. The zero-order valence-corrected chi connectivity index (χ0v) is 20.4. The Balaban J connectivity index is 0.00000300. The molecule has 7 heteroatoms. The van der Waals surface area contributed by atoms with Gasteiger partial charge in [0.25, 0.3) is 0 Å². The van der Waals surface area contributed by atoms with Gasteiger partial charge in [0, 0.05) is 52.4 Å². The SMILES string of the molecule is CN=C(NCCN1CCCCC1C)NCc1ccccc1CN1CCOCC1.I. The predicted octanol–water partition coefficient (Wildman–Crippen LogP) is 2.68. The van der Waals surface area contributed by atoms with Crippen LogP contribution in [-0.4, -0.2) is 74.8 Å². The van der Waals surface area contributed by atoms with Crippen molar-refractivity contribution in [1.29, 1.82) is 0 Å². The lowest BCUT2D eigenvalue weighted by atomic mass is 10.0. The molecule has 0 amide bonds. The Morgan fingerprint density at radius 2 is 1.86 bits per heavy atom. The van der Waals surface area contributed by atoms with Crippen LogP contribution in [0.1, 0.15) is 37.3 Å². The molecule has 2 fully saturated rings. The maximum Gasteiger partial charge on any atom is 0.191 e. The summed E-state index contributed by atoms with van der Waals surface area (Å²) in [7, 11) is 1.85. The molecular weight excluding hydrogens is 477 g/mol. The summed E-state index contributed by atoms with van der Waals surface area (Å²) in [5.41, 5.74) is 2.72. The van der Waals surface area contributed by atoms with Crippen molar-refractivity contribution in [2.24, 2.45) is 4.99 Å². The van der Waals surface area contributed by atoms with Gasteiger partial charge >= 0.3 is 0 Å². The smallest absolute Gasteiger partial charge is 0.191 e. The van der Waals surface area contributed by atoms with Gasteiger partial charge in [-0.15, -0.1) is 24.0 Å². The van der Waals surface area contributed by atoms with Crippen LogP contribution in [0, 0.1) is 0 Å². The summed E-state index contributed by atoms with van der Waals surface area (Å²) in [6.45, 7) is 11.1. The molecule has 2 N–H and O–H groups in total. The molecule has 1 aromatic rings. The molecule has 0 bridgehead atoms. The van der Waals surface area contributed by atoms with Crippen LogP contribution in [0.15, 0.2) is 29.3 Å². The predicted molar refractivity (Wildman–Crippen MR) is 131 cm³/mol. The van der Waals surface area contributed by atoms with Gasteiger partial charge in [-0.3, -0.25) is 14.8 Å². The quantitative estimate of drug-likeness (QED) is 0.333. The molecule has 0 aromatic heterocycles. The molecule has 0 spiro atoms. The number of halogens is 1. The van der Waals surface area contributed by atoms with Gasteiger partial charge in [0.15, 0.2) is 5.96 Å². The monoisotopic (exact) mass is 515 g/mol. The number of hydrogen-bond donors (Lipinski definition) is 2. The first-order valence-electron chi connectivity index (χ1n) is 10.8. The van der Waals surface area contributed by atoms with Crippen molar-refractivity contribution in [3.8, 4) is 0 Å². The summed E-state index contributed by atoms with van der Waals surface area (Å²) < 4.78 is 5.47. The molecule has 2 saturated heterocycles. The Morgan fingerprint density at radius 3 is 2.59 bits per heavy atom. The molecule has 164 valence electrons. The lowest BCUT2D eigenvalue weighted by Gasteiger charge is -2.33. The van der Waals surface area contributed by atoms with Crippen molar-refractivity contribution in [3.63, 3.8) is 0 Å². The third-order valence-electron chi connectivity index (χ3n) is 5.92. The minimum Gasteiger partial charge on any atom is -0.379 e. The van der Waals surface area contributed by atoms with Gasteiger partial charge in [-0.25, -0.2) is 0 Å². The van der Waals surface area contributed by atoms with Gasteiger partial charge in [-0.05, 0) is 37.4 Å². The molecule has 1 aromatic carbocycles. The lowest BCUT2D eigenvalue weighted by Crippen LogP contribution is -2.45. The van der Waals surface area contributed by atoms with Crippen molar-refractivity contribution in [1.82, 2.24) is 20.4 Å². The largest absolute Gasteiger partial charge is 0.379 e. The highest BCUT2D eigenvalue weighted by molar-refractivity contribution is 14.0. The number of nitrogens with zero attached hydrogens (tertiary/aromatic N) is 3. The van der Waals surface area contributed by atoms with E-state index in [1.807, 2.05) is 7.05 Å². The number of hydrogen-bond acceptors (Lipinski definition) is 4.